The van der Waals surface area contributed by atoms with Gasteiger partial charge in [-0.1, -0.05) is 13.3 Å². The maximum Gasteiger partial charge on any atom is 0.262 e. The molecular formula is C22H32N4O2S. The van der Waals surface area contributed by atoms with E-state index >= 15 is 0 Å². The van der Waals surface area contributed by atoms with Gasteiger partial charge in [0.2, 0.25) is 0 Å². The Bertz CT molecular complexity index is 948. The van der Waals surface area contributed by atoms with Gasteiger partial charge < -0.3 is 19.5 Å². The minimum absolute atomic E-state index is 0.0181. The monoisotopic (exact) mass is 416 g/mol. The summed E-state index contributed by atoms with van der Waals surface area (Å²) in [5.74, 6) is 0. The zero-order valence-electron chi connectivity index (χ0n) is 17.4. The van der Waals surface area contributed by atoms with Gasteiger partial charge in [0, 0.05) is 37.9 Å². The van der Waals surface area contributed by atoms with E-state index in [-0.39, 0.29) is 5.56 Å². The van der Waals surface area contributed by atoms with Crippen molar-refractivity contribution < 1.29 is 4.74 Å². The first-order valence-corrected chi connectivity index (χ1v) is 11.4. The van der Waals surface area contributed by atoms with E-state index in [1.165, 1.54) is 32.2 Å². The molecule has 1 aromatic carbocycles. The molecule has 1 N–H and O–H groups in total. The predicted molar refractivity (Wildman–Crippen MR) is 121 cm³/mol. The van der Waals surface area contributed by atoms with Crippen LogP contribution < -0.4 is 10.5 Å². The molecule has 0 saturated carbocycles. The van der Waals surface area contributed by atoms with E-state index in [1.54, 1.807) is 4.57 Å². The number of nitrogens with one attached hydrogen (secondary N) is 1. The van der Waals surface area contributed by atoms with Crippen LogP contribution in [0, 0.1) is 4.77 Å². The molecule has 0 radical (unpaired) electrons. The highest BCUT2D eigenvalue weighted by Crippen LogP contribution is 2.21. The molecule has 158 valence electrons. The van der Waals surface area contributed by atoms with Crippen LogP contribution in [0.25, 0.3) is 10.9 Å². The van der Waals surface area contributed by atoms with E-state index in [9.17, 15) is 4.79 Å². The van der Waals surface area contributed by atoms with Gasteiger partial charge in [-0.15, -0.1) is 0 Å². The van der Waals surface area contributed by atoms with E-state index in [0.717, 1.165) is 50.5 Å². The molecule has 1 unspecified atom stereocenters. The van der Waals surface area contributed by atoms with Crippen LogP contribution in [0.1, 0.15) is 39.0 Å². The van der Waals surface area contributed by atoms with Crippen LogP contribution in [-0.2, 0) is 11.3 Å². The fraction of sp³-hybridized carbons (Fsp3) is 0.636. The second-order valence-corrected chi connectivity index (χ2v) is 8.55. The molecular weight excluding hydrogens is 384 g/mol. The van der Waals surface area contributed by atoms with E-state index < -0.39 is 0 Å². The standard InChI is InChI=1S/C22H32N4O2S/c1-2-17-6-3-4-9-24(17)10-5-11-26-21(27)19-16-18(25-12-14-28-15-13-25)7-8-20(19)23-22(26)29/h7-8,16-17H,2-6,9-15H2,1H3,(H,23,29). The maximum atomic E-state index is 13.2. The summed E-state index contributed by atoms with van der Waals surface area (Å²) in [4.78, 5) is 21.3. The Kier molecular flexibility index (Phi) is 6.67. The number of hydrogen-bond donors (Lipinski definition) is 1. The Morgan fingerprint density at radius 3 is 2.79 bits per heavy atom. The zero-order valence-corrected chi connectivity index (χ0v) is 18.2. The number of morpholine rings is 1. The first kappa shape index (κ1) is 20.6. The lowest BCUT2D eigenvalue weighted by atomic mass is 10.00. The molecule has 3 heterocycles. The summed E-state index contributed by atoms with van der Waals surface area (Å²) in [6.07, 6.45) is 6.09. The predicted octanol–water partition coefficient (Wildman–Crippen LogP) is 3.55. The molecule has 0 spiro atoms. The number of ether oxygens (including phenoxy) is 1. The van der Waals surface area contributed by atoms with Crippen LogP contribution in [0.15, 0.2) is 23.0 Å². The highest BCUT2D eigenvalue weighted by atomic mass is 32.1. The van der Waals surface area contributed by atoms with Crippen molar-refractivity contribution in [2.75, 3.05) is 44.3 Å². The summed E-state index contributed by atoms with van der Waals surface area (Å²) in [7, 11) is 0. The van der Waals surface area contributed by atoms with E-state index in [4.69, 9.17) is 17.0 Å². The van der Waals surface area contributed by atoms with Crippen molar-refractivity contribution in [3.63, 3.8) is 0 Å². The van der Waals surface area contributed by atoms with Crippen molar-refractivity contribution in [2.24, 2.45) is 0 Å². The quantitative estimate of drug-likeness (QED) is 0.730. The lowest BCUT2D eigenvalue weighted by molar-refractivity contribution is 0.122. The normalized spacial score (nSPS) is 21.0. The van der Waals surface area contributed by atoms with Crippen molar-refractivity contribution in [1.82, 2.24) is 14.5 Å². The SMILES string of the molecule is CCC1CCCCN1CCCn1c(=S)[nH]c2ccc(N3CCOCC3)cc2c1=O. The molecule has 0 aliphatic carbocycles. The van der Waals surface area contributed by atoms with Crippen LogP contribution in [-0.4, -0.2) is 59.9 Å². The highest BCUT2D eigenvalue weighted by Gasteiger charge is 2.20. The van der Waals surface area contributed by atoms with Gasteiger partial charge in [0.15, 0.2) is 4.77 Å². The van der Waals surface area contributed by atoms with E-state index in [2.05, 4.69) is 27.8 Å². The fourth-order valence-corrected chi connectivity index (χ4v) is 4.99. The van der Waals surface area contributed by atoms with Crippen LogP contribution in [0.2, 0.25) is 0 Å². The average molecular weight is 417 g/mol. The summed E-state index contributed by atoms with van der Waals surface area (Å²) in [6, 6.07) is 6.73. The number of nitrogens with zero attached hydrogens (tertiary/aromatic N) is 3. The fourth-order valence-electron chi connectivity index (χ4n) is 4.71. The van der Waals surface area contributed by atoms with Crippen molar-refractivity contribution in [3.05, 3.63) is 33.3 Å². The lowest BCUT2D eigenvalue weighted by Crippen LogP contribution is -2.40. The van der Waals surface area contributed by atoms with Crippen molar-refractivity contribution in [3.8, 4) is 0 Å². The minimum atomic E-state index is 0.0181. The van der Waals surface area contributed by atoms with Crippen LogP contribution >= 0.6 is 12.2 Å². The Balaban J connectivity index is 1.52. The summed E-state index contributed by atoms with van der Waals surface area (Å²) < 4.78 is 7.71. The summed E-state index contributed by atoms with van der Waals surface area (Å²) in [5, 5.41) is 0.715. The second kappa shape index (κ2) is 9.41. The molecule has 29 heavy (non-hydrogen) atoms. The molecule has 2 aliphatic rings. The molecule has 2 fully saturated rings. The van der Waals surface area contributed by atoms with Crippen molar-refractivity contribution >= 4 is 28.8 Å². The second-order valence-electron chi connectivity index (χ2n) is 8.16. The first-order valence-electron chi connectivity index (χ1n) is 11.0. The Labute approximate surface area is 177 Å². The van der Waals surface area contributed by atoms with Gasteiger partial charge in [-0.3, -0.25) is 9.36 Å². The van der Waals surface area contributed by atoms with Gasteiger partial charge in [-0.05, 0) is 62.6 Å². The summed E-state index contributed by atoms with van der Waals surface area (Å²) in [6.45, 7) is 8.34. The molecule has 1 atom stereocenters. The van der Waals surface area contributed by atoms with Crippen LogP contribution in [0.3, 0.4) is 0 Å². The van der Waals surface area contributed by atoms with E-state index in [0.29, 0.717) is 22.7 Å². The highest BCUT2D eigenvalue weighted by molar-refractivity contribution is 7.71. The molecule has 0 bridgehead atoms. The number of hydrogen-bond acceptors (Lipinski definition) is 5. The number of H-pyrrole nitrogens is 1. The number of anilines is 1. The average Bonchev–Trinajstić information content (AvgIpc) is 2.76. The van der Waals surface area contributed by atoms with Gasteiger partial charge in [-0.25, -0.2) is 0 Å². The largest absolute Gasteiger partial charge is 0.378 e. The number of piperidine rings is 1. The van der Waals surface area contributed by atoms with Gasteiger partial charge in [0.05, 0.1) is 24.1 Å². The van der Waals surface area contributed by atoms with Crippen molar-refractivity contribution in [2.45, 2.75) is 51.6 Å². The van der Waals surface area contributed by atoms with Gasteiger partial charge >= 0.3 is 0 Å². The molecule has 0 amide bonds. The summed E-state index contributed by atoms with van der Waals surface area (Å²) >= 11 is 5.51. The van der Waals surface area contributed by atoms with Gasteiger partial charge in [-0.2, -0.15) is 0 Å². The number of fused-ring (bicyclic) bond motifs is 1. The van der Waals surface area contributed by atoms with Crippen LogP contribution in [0.5, 0.6) is 0 Å². The third-order valence-corrected chi connectivity index (χ3v) is 6.71. The van der Waals surface area contributed by atoms with Crippen LogP contribution in [0.4, 0.5) is 5.69 Å². The zero-order chi connectivity index (χ0) is 20.2. The molecule has 1 aromatic heterocycles. The number of aromatic amines is 1. The molecule has 2 aromatic rings. The third-order valence-electron chi connectivity index (χ3n) is 6.39. The third kappa shape index (κ3) is 4.57. The maximum absolute atomic E-state index is 13.2. The Morgan fingerprint density at radius 1 is 1.17 bits per heavy atom. The molecule has 6 nitrogen and oxygen atoms in total. The molecule has 4 rings (SSSR count). The molecule has 2 saturated heterocycles. The lowest BCUT2D eigenvalue weighted by Gasteiger charge is -2.35. The number of aromatic nitrogens is 2. The van der Waals surface area contributed by atoms with Gasteiger partial charge in [0.25, 0.3) is 5.56 Å². The van der Waals surface area contributed by atoms with Gasteiger partial charge in [0.1, 0.15) is 0 Å². The first-order chi connectivity index (χ1) is 14.2. The number of likely N-dealkylation sites (tertiary alicyclic amines) is 1. The Hall–Kier alpha value is -1.70. The summed E-state index contributed by atoms with van der Waals surface area (Å²) in [5.41, 5.74) is 1.91. The molecule has 2 aliphatic heterocycles. The smallest absolute Gasteiger partial charge is 0.262 e. The van der Waals surface area contributed by atoms with Crippen molar-refractivity contribution in [1.29, 1.82) is 0 Å². The minimum Gasteiger partial charge on any atom is -0.378 e. The topological polar surface area (TPSA) is 53.5 Å². The Morgan fingerprint density at radius 2 is 2.00 bits per heavy atom. The number of rotatable bonds is 6. The van der Waals surface area contributed by atoms with E-state index in [1.807, 2.05) is 12.1 Å². The number of benzene rings is 1. The molecule has 7 heteroatoms.